The lowest BCUT2D eigenvalue weighted by atomic mass is 10.1. The van der Waals surface area contributed by atoms with E-state index in [2.05, 4.69) is 25.7 Å². The van der Waals surface area contributed by atoms with Crippen LogP contribution in [0, 0.1) is 0 Å². The van der Waals surface area contributed by atoms with Crippen molar-refractivity contribution in [2.75, 3.05) is 12.8 Å². The first-order valence-electron chi connectivity index (χ1n) is 4.25. The summed E-state index contributed by atoms with van der Waals surface area (Å²) in [6.07, 6.45) is -1.94. The molecule has 0 radical (unpaired) electrons. The number of alkyl halides is 2. The average molecular weight is 295 g/mol. The molecule has 4 nitrogen and oxygen atoms in total. The molecular formula is C9H9BrF2N2O2. The zero-order valence-electron chi connectivity index (χ0n) is 8.34. The highest BCUT2D eigenvalue weighted by atomic mass is 79.9. The number of methoxy groups -OCH3 is 1. The van der Waals surface area contributed by atoms with Crippen LogP contribution in [0.25, 0.3) is 0 Å². The molecule has 1 aromatic heterocycles. The topological polar surface area (TPSA) is 65.2 Å². The highest BCUT2D eigenvalue weighted by molar-refractivity contribution is 9.10. The number of nitrogens with zero attached hydrogens (tertiary/aromatic N) is 1. The van der Waals surface area contributed by atoms with Gasteiger partial charge in [0.25, 0.3) is 6.43 Å². The Kier molecular flexibility index (Phi) is 4.17. The Morgan fingerprint density at radius 2 is 2.31 bits per heavy atom. The van der Waals surface area contributed by atoms with Crippen LogP contribution < -0.4 is 5.73 Å². The largest absolute Gasteiger partial charge is 0.469 e. The maximum Gasteiger partial charge on any atom is 0.310 e. The summed E-state index contributed by atoms with van der Waals surface area (Å²) in [4.78, 5) is 14.8. The second kappa shape index (κ2) is 5.20. The second-order valence-electron chi connectivity index (χ2n) is 2.95. The van der Waals surface area contributed by atoms with Gasteiger partial charge >= 0.3 is 5.97 Å². The van der Waals surface area contributed by atoms with Gasteiger partial charge in [-0.1, -0.05) is 0 Å². The molecule has 0 aliphatic carbocycles. The Bertz CT molecular complexity index is 413. The first kappa shape index (κ1) is 12.8. The fraction of sp³-hybridized carbons (Fsp3) is 0.333. The van der Waals surface area contributed by atoms with Crippen molar-refractivity contribution in [2.24, 2.45) is 0 Å². The third-order valence-electron chi connectivity index (χ3n) is 1.97. The van der Waals surface area contributed by atoms with E-state index in [4.69, 9.17) is 5.73 Å². The molecule has 0 saturated carbocycles. The predicted octanol–water partition coefficient (Wildman–Crippen LogP) is 2.08. The number of nitrogen functional groups attached to an aromatic ring is 1. The zero-order chi connectivity index (χ0) is 12.3. The van der Waals surface area contributed by atoms with E-state index in [1.165, 1.54) is 7.11 Å². The van der Waals surface area contributed by atoms with Crippen molar-refractivity contribution in [3.8, 4) is 0 Å². The van der Waals surface area contributed by atoms with Gasteiger partial charge in [-0.3, -0.25) is 4.79 Å². The number of esters is 1. The molecule has 0 saturated heterocycles. The molecule has 0 unspecified atom stereocenters. The van der Waals surface area contributed by atoms with Crippen LogP contribution in [0.15, 0.2) is 10.8 Å². The highest BCUT2D eigenvalue weighted by Gasteiger charge is 2.22. The average Bonchev–Trinajstić information content (AvgIpc) is 2.22. The van der Waals surface area contributed by atoms with Crippen molar-refractivity contribution in [3.05, 3.63) is 21.9 Å². The number of ether oxygens (including phenoxy) is 1. The number of anilines is 1. The molecule has 0 aliphatic rings. The molecule has 2 N–H and O–H groups in total. The summed E-state index contributed by atoms with van der Waals surface area (Å²) in [5.74, 6) is -0.630. The lowest BCUT2D eigenvalue weighted by Gasteiger charge is -2.11. The molecule has 1 heterocycles. The summed E-state index contributed by atoms with van der Waals surface area (Å²) in [6, 6.07) is 0. The van der Waals surface area contributed by atoms with Crippen molar-refractivity contribution in [2.45, 2.75) is 12.8 Å². The maximum atomic E-state index is 12.7. The number of rotatable bonds is 3. The van der Waals surface area contributed by atoms with Gasteiger partial charge in [-0.25, -0.2) is 13.8 Å². The number of hydrogen-bond acceptors (Lipinski definition) is 4. The molecule has 7 heteroatoms. The monoisotopic (exact) mass is 294 g/mol. The van der Waals surface area contributed by atoms with Gasteiger partial charge in [0.05, 0.1) is 25.4 Å². The van der Waals surface area contributed by atoms with E-state index in [0.717, 1.165) is 6.20 Å². The molecule has 1 rings (SSSR count). The summed E-state index contributed by atoms with van der Waals surface area (Å²) < 4.78 is 30.1. The van der Waals surface area contributed by atoms with Crippen LogP contribution in [0.1, 0.15) is 17.6 Å². The molecule has 16 heavy (non-hydrogen) atoms. The second-order valence-corrected chi connectivity index (χ2v) is 3.70. The van der Waals surface area contributed by atoms with E-state index in [1.807, 2.05) is 0 Å². The van der Waals surface area contributed by atoms with Gasteiger partial charge in [0.2, 0.25) is 0 Å². The zero-order valence-corrected chi connectivity index (χ0v) is 9.92. The summed E-state index contributed by atoms with van der Waals surface area (Å²) in [7, 11) is 1.18. The number of carbonyl (C=O) groups is 1. The first-order valence-corrected chi connectivity index (χ1v) is 5.04. The lowest BCUT2D eigenvalue weighted by Crippen LogP contribution is -2.10. The van der Waals surface area contributed by atoms with Gasteiger partial charge < -0.3 is 10.5 Å². The predicted molar refractivity (Wildman–Crippen MR) is 57.0 cm³/mol. The molecular weight excluding hydrogens is 286 g/mol. The van der Waals surface area contributed by atoms with Crippen LogP contribution in [-0.2, 0) is 16.0 Å². The van der Waals surface area contributed by atoms with E-state index >= 15 is 0 Å². The molecule has 0 aliphatic heterocycles. The normalized spacial score (nSPS) is 10.6. The van der Waals surface area contributed by atoms with Crippen LogP contribution >= 0.6 is 15.9 Å². The summed E-state index contributed by atoms with van der Waals surface area (Å²) in [5, 5.41) is 0. The van der Waals surface area contributed by atoms with E-state index in [9.17, 15) is 13.6 Å². The van der Waals surface area contributed by atoms with Gasteiger partial charge in [-0.05, 0) is 15.9 Å². The fourth-order valence-electron chi connectivity index (χ4n) is 1.20. The number of halogens is 3. The quantitative estimate of drug-likeness (QED) is 0.685. The summed E-state index contributed by atoms with van der Waals surface area (Å²) in [6.45, 7) is 0. The van der Waals surface area contributed by atoms with Crippen LogP contribution in [0.4, 0.5) is 14.5 Å². The minimum Gasteiger partial charge on any atom is -0.469 e. The van der Waals surface area contributed by atoms with Crippen LogP contribution in [0.3, 0.4) is 0 Å². The standard InChI is InChI=1S/C9H9BrF2N2O2/c1-16-6(15)2-4-7(9(11)12)5(13)3-14-8(4)10/h3,9H,2,13H2,1H3. The molecule has 0 aromatic carbocycles. The number of pyridine rings is 1. The molecule has 0 amide bonds. The van der Waals surface area contributed by atoms with Crippen molar-refractivity contribution in [3.63, 3.8) is 0 Å². The van der Waals surface area contributed by atoms with Crippen molar-refractivity contribution < 1.29 is 18.3 Å². The Balaban J connectivity index is 3.23. The van der Waals surface area contributed by atoms with Crippen LogP contribution in [0.2, 0.25) is 0 Å². The number of nitrogens with two attached hydrogens (primary N) is 1. The Hall–Kier alpha value is -1.24. The number of hydrogen-bond donors (Lipinski definition) is 1. The molecule has 0 bridgehead atoms. The third-order valence-corrected chi connectivity index (χ3v) is 2.65. The Morgan fingerprint density at radius 3 is 2.81 bits per heavy atom. The van der Waals surface area contributed by atoms with E-state index < -0.39 is 12.4 Å². The molecule has 1 aromatic rings. The van der Waals surface area contributed by atoms with Crippen molar-refractivity contribution in [1.82, 2.24) is 4.98 Å². The minimum atomic E-state index is -2.76. The van der Waals surface area contributed by atoms with Crippen molar-refractivity contribution >= 4 is 27.6 Å². The molecule has 0 fully saturated rings. The van der Waals surface area contributed by atoms with Gasteiger partial charge in [0.15, 0.2) is 0 Å². The summed E-state index contributed by atoms with van der Waals surface area (Å²) >= 11 is 3.00. The van der Waals surface area contributed by atoms with Crippen molar-refractivity contribution in [1.29, 1.82) is 0 Å². The maximum absolute atomic E-state index is 12.7. The highest BCUT2D eigenvalue weighted by Crippen LogP contribution is 2.32. The van der Waals surface area contributed by atoms with Gasteiger partial charge in [-0.15, -0.1) is 0 Å². The van der Waals surface area contributed by atoms with E-state index in [-0.39, 0.29) is 27.8 Å². The summed E-state index contributed by atoms with van der Waals surface area (Å²) in [5.41, 5.74) is 4.93. The minimum absolute atomic E-state index is 0.0573. The molecule has 88 valence electrons. The smallest absolute Gasteiger partial charge is 0.310 e. The first-order chi connectivity index (χ1) is 7.47. The van der Waals surface area contributed by atoms with E-state index in [0.29, 0.717) is 0 Å². The van der Waals surface area contributed by atoms with Crippen LogP contribution in [-0.4, -0.2) is 18.1 Å². The molecule has 0 atom stereocenters. The number of aromatic nitrogens is 1. The third kappa shape index (κ3) is 2.66. The Morgan fingerprint density at radius 1 is 1.69 bits per heavy atom. The van der Waals surface area contributed by atoms with E-state index in [1.54, 1.807) is 0 Å². The Labute approximate surface area is 98.9 Å². The van der Waals surface area contributed by atoms with Gasteiger partial charge in [0.1, 0.15) is 4.60 Å². The van der Waals surface area contributed by atoms with Crippen LogP contribution in [0.5, 0.6) is 0 Å². The lowest BCUT2D eigenvalue weighted by molar-refractivity contribution is -0.139. The van der Waals surface area contributed by atoms with Gasteiger partial charge in [0, 0.05) is 11.1 Å². The molecule has 0 spiro atoms. The fourth-order valence-corrected chi connectivity index (χ4v) is 1.66. The van der Waals surface area contributed by atoms with Gasteiger partial charge in [-0.2, -0.15) is 0 Å². The number of carbonyl (C=O) groups excluding carboxylic acids is 1. The SMILES string of the molecule is COC(=O)Cc1c(Br)ncc(N)c1C(F)F.